The molecule has 0 bridgehead atoms. The summed E-state index contributed by atoms with van der Waals surface area (Å²) in [6, 6.07) is 1.64. The molecule has 1 aromatic carbocycles. The first kappa shape index (κ1) is 12.5. The molecule has 0 saturated carbocycles. The molecule has 2 nitrogen and oxygen atoms in total. The normalized spacial score (nSPS) is 11.4. The first-order valence-corrected chi connectivity index (χ1v) is 4.37. The minimum Gasteiger partial charge on any atom is -0.324 e. The van der Waals surface area contributed by atoms with Gasteiger partial charge in [-0.2, -0.15) is 13.2 Å². The zero-order valence-corrected chi connectivity index (χ0v) is 8.57. The molecule has 16 heavy (non-hydrogen) atoms. The molecule has 1 rings (SSSR count). The Bertz CT molecular complexity index is 426. The molecule has 0 aromatic heterocycles. The van der Waals surface area contributed by atoms with E-state index >= 15 is 0 Å². The van der Waals surface area contributed by atoms with Gasteiger partial charge < -0.3 is 5.32 Å². The van der Waals surface area contributed by atoms with Crippen molar-refractivity contribution in [1.29, 1.82) is 0 Å². The minimum absolute atomic E-state index is 0.252. The van der Waals surface area contributed by atoms with Crippen LogP contribution in [0.2, 0.25) is 0 Å². The molecule has 88 valence electrons. The number of benzene rings is 1. The lowest BCUT2D eigenvalue weighted by Crippen LogP contribution is -2.12. The fraction of sp³-hybridized carbons (Fsp3) is 0.300. The maximum atomic E-state index is 13.4. The van der Waals surface area contributed by atoms with Crippen LogP contribution < -0.4 is 5.32 Å². The van der Waals surface area contributed by atoms with Gasteiger partial charge in [0.25, 0.3) is 0 Å². The van der Waals surface area contributed by atoms with Crippen molar-refractivity contribution in [3.8, 4) is 0 Å². The van der Waals surface area contributed by atoms with E-state index in [9.17, 15) is 22.4 Å². The number of anilines is 1. The van der Waals surface area contributed by atoms with Crippen molar-refractivity contribution < 1.29 is 22.4 Å². The SMILES string of the molecule is CC(=O)Nc1ccc(C(F)(F)F)c(C)c1F. The zero-order valence-electron chi connectivity index (χ0n) is 8.57. The number of rotatable bonds is 1. The summed E-state index contributed by atoms with van der Waals surface area (Å²) in [6.07, 6.45) is -4.60. The Kier molecular flexibility index (Phi) is 3.21. The quantitative estimate of drug-likeness (QED) is 0.744. The number of carbonyl (C=O) groups excluding carboxylic acids is 1. The third kappa shape index (κ3) is 2.50. The number of nitrogens with one attached hydrogen (secondary N) is 1. The topological polar surface area (TPSA) is 29.1 Å². The molecule has 1 amide bonds. The Morgan fingerprint density at radius 2 is 1.88 bits per heavy atom. The molecule has 6 heteroatoms. The monoisotopic (exact) mass is 235 g/mol. The van der Waals surface area contributed by atoms with Gasteiger partial charge in [0.2, 0.25) is 5.91 Å². The second-order valence-corrected chi connectivity index (χ2v) is 3.28. The maximum Gasteiger partial charge on any atom is 0.416 e. The van der Waals surface area contributed by atoms with Gasteiger partial charge in [-0.3, -0.25) is 4.79 Å². The Balaban J connectivity index is 3.24. The molecule has 1 aromatic rings. The van der Waals surface area contributed by atoms with Crippen molar-refractivity contribution >= 4 is 11.6 Å². The van der Waals surface area contributed by atoms with E-state index in [-0.39, 0.29) is 5.69 Å². The summed E-state index contributed by atoms with van der Waals surface area (Å²) in [6.45, 7) is 2.16. The molecule has 0 unspecified atom stereocenters. The third-order valence-corrected chi connectivity index (χ3v) is 2.00. The van der Waals surface area contributed by atoms with Gasteiger partial charge in [0.15, 0.2) is 0 Å². The van der Waals surface area contributed by atoms with Crippen LogP contribution in [0.25, 0.3) is 0 Å². The molecule has 0 aliphatic rings. The predicted molar refractivity (Wildman–Crippen MR) is 50.4 cm³/mol. The van der Waals surface area contributed by atoms with Crippen LogP contribution in [0.1, 0.15) is 18.1 Å². The first-order chi connectivity index (χ1) is 7.23. The summed E-state index contributed by atoms with van der Waals surface area (Å²) >= 11 is 0. The summed E-state index contributed by atoms with van der Waals surface area (Å²) in [5.41, 5.74) is -1.82. The number of halogens is 4. The summed E-state index contributed by atoms with van der Waals surface area (Å²) in [4.78, 5) is 10.7. The zero-order chi connectivity index (χ0) is 12.5. The molecule has 0 atom stereocenters. The van der Waals surface area contributed by atoms with Crippen LogP contribution in [0.15, 0.2) is 12.1 Å². The first-order valence-electron chi connectivity index (χ1n) is 4.37. The van der Waals surface area contributed by atoms with Crippen LogP contribution in [-0.4, -0.2) is 5.91 Å². The van der Waals surface area contributed by atoms with Crippen LogP contribution >= 0.6 is 0 Å². The average Bonchev–Trinajstić information content (AvgIpc) is 2.10. The highest BCUT2D eigenvalue weighted by atomic mass is 19.4. The van der Waals surface area contributed by atoms with E-state index in [2.05, 4.69) is 5.32 Å². The van der Waals surface area contributed by atoms with Crippen molar-refractivity contribution in [1.82, 2.24) is 0 Å². The highest BCUT2D eigenvalue weighted by Crippen LogP contribution is 2.34. The Morgan fingerprint density at radius 1 is 1.31 bits per heavy atom. The van der Waals surface area contributed by atoms with Crippen LogP contribution in [0.3, 0.4) is 0 Å². The van der Waals surface area contributed by atoms with Gasteiger partial charge in [-0.25, -0.2) is 4.39 Å². The van der Waals surface area contributed by atoms with Gasteiger partial charge in [0.1, 0.15) is 5.82 Å². The lowest BCUT2D eigenvalue weighted by atomic mass is 10.1. The molecule has 0 radical (unpaired) electrons. The lowest BCUT2D eigenvalue weighted by Gasteiger charge is -2.13. The number of alkyl halides is 3. The van der Waals surface area contributed by atoms with E-state index in [1.165, 1.54) is 0 Å². The highest BCUT2D eigenvalue weighted by Gasteiger charge is 2.33. The highest BCUT2D eigenvalue weighted by molar-refractivity contribution is 5.88. The average molecular weight is 235 g/mol. The van der Waals surface area contributed by atoms with E-state index in [1.54, 1.807) is 0 Å². The summed E-state index contributed by atoms with van der Waals surface area (Å²) in [5, 5.41) is 2.11. The lowest BCUT2D eigenvalue weighted by molar-refractivity contribution is -0.138. The smallest absolute Gasteiger partial charge is 0.324 e. The maximum absolute atomic E-state index is 13.4. The molecule has 0 aliphatic heterocycles. The Hall–Kier alpha value is -1.59. The molecule has 0 heterocycles. The van der Waals surface area contributed by atoms with Crippen LogP contribution in [0, 0.1) is 12.7 Å². The Morgan fingerprint density at radius 3 is 2.31 bits per heavy atom. The molecule has 0 spiro atoms. The van der Waals surface area contributed by atoms with Gasteiger partial charge in [0, 0.05) is 6.92 Å². The van der Waals surface area contributed by atoms with E-state index in [4.69, 9.17) is 0 Å². The van der Waals surface area contributed by atoms with E-state index in [0.29, 0.717) is 0 Å². The van der Waals surface area contributed by atoms with Crippen molar-refractivity contribution in [2.24, 2.45) is 0 Å². The molecule has 1 N–H and O–H groups in total. The number of amides is 1. The second-order valence-electron chi connectivity index (χ2n) is 3.28. The van der Waals surface area contributed by atoms with Crippen molar-refractivity contribution in [3.05, 3.63) is 29.1 Å². The van der Waals surface area contributed by atoms with E-state index in [1.807, 2.05) is 0 Å². The van der Waals surface area contributed by atoms with Crippen molar-refractivity contribution in [2.45, 2.75) is 20.0 Å². The number of hydrogen-bond donors (Lipinski definition) is 1. The van der Waals surface area contributed by atoms with Gasteiger partial charge in [-0.1, -0.05) is 0 Å². The third-order valence-electron chi connectivity index (χ3n) is 2.00. The van der Waals surface area contributed by atoms with Gasteiger partial charge in [-0.05, 0) is 24.6 Å². The minimum atomic E-state index is -4.60. The van der Waals surface area contributed by atoms with E-state index < -0.39 is 29.0 Å². The predicted octanol–water partition coefficient (Wildman–Crippen LogP) is 3.11. The van der Waals surface area contributed by atoms with Crippen LogP contribution in [-0.2, 0) is 11.0 Å². The van der Waals surface area contributed by atoms with Gasteiger partial charge >= 0.3 is 6.18 Å². The van der Waals surface area contributed by atoms with Crippen LogP contribution in [0.5, 0.6) is 0 Å². The number of hydrogen-bond acceptors (Lipinski definition) is 1. The second kappa shape index (κ2) is 4.11. The standard InChI is InChI=1S/C10H9F4NO/c1-5-7(10(12,13)14)3-4-8(9(5)11)15-6(2)16/h3-4H,1-2H3,(H,15,16). The molecular formula is C10H9F4NO. The van der Waals surface area contributed by atoms with Crippen LogP contribution in [0.4, 0.5) is 23.2 Å². The summed E-state index contributed by atoms with van der Waals surface area (Å²) in [7, 11) is 0. The van der Waals surface area contributed by atoms with Crippen molar-refractivity contribution in [2.75, 3.05) is 5.32 Å². The fourth-order valence-corrected chi connectivity index (χ4v) is 1.28. The molecule has 0 saturated heterocycles. The molecule has 0 aliphatic carbocycles. The fourth-order valence-electron chi connectivity index (χ4n) is 1.28. The van der Waals surface area contributed by atoms with Gasteiger partial charge in [0.05, 0.1) is 11.3 Å². The largest absolute Gasteiger partial charge is 0.416 e. The Labute approximate surface area is 89.3 Å². The summed E-state index contributed by atoms with van der Waals surface area (Å²) < 4.78 is 50.5. The summed E-state index contributed by atoms with van der Waals surface area (Å²) in [5.74, 6) is -1.61. The molecule has 0 fully saturated rings. The number of carbonyl (C=O) groups is 1. The van der Waals surface area contributed by atoms with Crippen molar-refractivity contribution in [3.63, 3.8) is 0 Å². The van der Waals surface area contributed by atoms with Gasteiger partial charge in [-0.15, -0.1) is 0 Å². The molecular weight excluding hydrogens is 226 g/mol. The van der Waals surface area contributed by atoms with E-state index in [0.717, 1.165) is 26.0 Å².